The third-order valence-electron chi connectivity index (χ3n) is 5.61. The molecular formula is C21H22N8O7S2. The van der Waals surface area contributed by atoms with E-state index in [4.69, 9.17) is 5.73 Å². The van der Waals surface area contributed by atoms with E-state index in [1.165, 1.54) is 11.8 Å². The molecule has 0 saturated carbocycles. The number of benzene rings is 1. The third kappa shape index (κ3) is 5.95. The number of aliphatic carboxylic acids is 2. The number of hydrogen-bond donors (Lipinski definition) is 6. The molecule has 3 heterocycles. The number of β-lactam (4-membered cyclic amide) rings is 1. The lowest BCUT2D eigenvalue weighted by Gasteiger charge is -2.50. The van der Waals surface area contributed by atoms with Gasteiger partial charge in [0.05, 0.1) is 19.4 Å². The van der Waals surface area contributed by atoms with E-state index in [2.05, 4.69) is 31.3 Å². The lowest BCUT2D eigenvalue weighted by atomic mass is 10.00. The van der Waals surface area contributed by atoms with Gasteiger partial charge in [-0.1, -0.05) is 23.9 Å². The van der Waals surface area contributed by atoms with E-state index in [1.54, 1.807) is 24.3 Å². The molecule has 1 aromatic heterocycles. The van der Waals surface area contributed by atoms with Crippen molar-refractivity contribution in [3.63, 3.8) is 0 Å². The van der Waals surface area contributed by atoms with Crippen molar-refractivity contribution >= 4 is 58.9 Å². The number of aromatic nitrogens is 4. The van der Waals surface area contributed by atoms with Crippen LogP contribution >= 0.6 is 23.5 Å². The van der Waals surface area contributed by atoms with Crippen LogP contribution in [0.15, 0.2) is 40.7 Å². The summed E-state index contributed by atoms with van der Waals surface area (Å²) < 4.78 is 0. The number of nitrogens with two attached hydrogens (primary N) is 1. The summed E-state index contributed by atoms with van der Waals surface area (Å²) >= 11 is 2.17. The monoisotopic (exact) mass is 562 g/mol. The quantitative estimate of drug-likeness (QED) is 0.143. The highest BCUT2D eigenvalue weighted by atomic mass is 32.2. The predicted octanol–water partition coefficient (Wildman–Crippen LogP) is -0.986. The summed E-state index contributed by atoms with van der Waals surface area (Å²) in [5.74, 6) is -3.89. The van der Waals surface area contributed by atoms with E-state index >= 15 is 0 Å². The van der Waals surface area contributed by atoms with Gasteiger partial charge in [0.2, 0.25) is 17.0 Å². The molecule has 3 atom stereocenters. The molecule has 2 aromatic rings. The standard InChI is InChI=1S/C21H22N8O7S2/c22-7-14(31)23-10-3-1-2-9(4-10)5-13(30)24-16-18(34)29-17(20(35)36)11(8-37-19(16)29)12(6-15(32)33)38-21-25-27-28-26-21/h1-4,12,16,19H,5-8,22H2,(H,23,31)(H,24,30)(H,32,33)(H,35,36)(H,25,26,27,28)/t12?,16?,19-/m0/s1. The SMILES string of the molecule is NCC(=O)Nc1cccc(CC(=O)NC2C(=O)N3C(C(=O)O)=C(C(CC(=O)O)Sc4nnn[nH]4)CS[C@@H]23)c1. The van der Waals surface area contributed by atoms with Gasteiger partial charge in [-0.25, -0.2) is 9.89 Å². The highest BCUT2D eigenvalue weighted by molar-refractivity contribution is 8.01. The molecule has 1 aromatic carbocycles. The summed E-state index contributed by atoms with van der Waals surface area (Å²) in [4.78, 5) is 62.0. The van der Waals surface area contributed by atoms with Gasteiger partial charge < -0.3 is 26.6 Å². The Kier molecular flexibility index (Phi) is 8.28. The van der Waals surface area contributed by atoms with Crippen molar-refractivity contribution in [2.45, 2.75) is 34.7 Å². The molecule has 0 spiro atoms. The van der Waals surface area contributed by atoms with Gasteiger partial charge in [-0.15, -0.1) is 16.9 Å². The van der Waals surface area contributed by atoms with Gasteiger partial charge in [0, 0.05) is 16.7 Å². The number of carboxylic acid groups (broad SMARTS) is 2. The number of amides is 3. The van der Waals surface area contributed by atoms with Crippen LogP contribution in [-0.2, 0) is 30.4 Å². The van der Waals surface area contributed by atoms with Gasteiger partial charge in [0.15, 0.2) is 0 Å². The highest BCUT2D eigenvalue weighted by Gasteiger charge is 2.54. The van der Waals surface area contributed by atoms with E-state index in [9.17, 15) is 34.2 Å². The van der Waals surface area contributed by atoms with E-state index in [1.807, 2.05) is 0 Å². The average Bonchev–Trinajstić information content (AvgIpc) is 3.39. The number of aromatic amines is 1. The van der Waals surface area contributed by atoms with Crippen molar-refractivity contribution in [2.24, 2.45) is 5.73 Å². The molecule has 0 aliphatic carbocycles. The summed E-state index contributed by atoms with van der Waals surface area (Å²) in [5, 5.41) is 36.3. The van der Waals surface area contributed by atoms with Crippen LogP contribution in [0.25, 0.3) is 0 Å². The lowest BCUT2D eigenvalue weighted by Crippen LogP contribution is -2.70. The lowest BCUT2D eigenvalue weighted by molar-refractivity contribution is -0.150. The molecule has 200 valence electrons. The smallest absolute Gasteiger partial charge is 0.352 e. The van der Waals surface area contributed by atoms with Gasteiger partial charge in [0.25, 0.3) is 5.91 Å². The van der Waals surface area contributed by atoms with Crippen LogP contribution < -0.4 is 16.4 Å². The van der Waals surface area contributed by atoms with Crippen LogP contribution in [0.3, 0.4) is 0 Å². The Morgan fingerprint density at radius 1 is 1.26 bits per heavy atom. The molecule has 2 unspecified atom stereocenters. The maximum absolute atomic E-state index is 13.0. The fraction of sp³-hybridized carbons (Fsp3) is 0.333. The molecule has 2 aliphatic rings. The first-order valence-corrected chi connectivity index (χ1v) is 13.0. The number of rotatable bonds is 11. The van der Waals surface area contributed by atoms with E-state index in [0.29, 0.717) is 11.3 Å². The summed E-state index contributed by atoms with van der Waals surface area (Å²) in [5.41, 5.74) is 6.29. The molecule has 0 bridgehead atoms. The number of H-pyrrole nitrogens is 1. The van der Waals surface area contributed by atoms with Gasteiger partial charge in [-0.05, 0) is 33.7 Å². The minimum absolute atomic E-state index is 0.0804. The first-order valence-electron chi connectivity index (χ1n) is 11.1. The molecule has 0 radical (unpaired) electrons. The molecule has 4 rings (SSSR count). The zero-order valence-corrected chi connectivity index (χ0v) is 21.1. The summed E-state index contributed by atoms with van der Waals surface area (Å²) in [6, 6.07) is 5.65. The maximum atomic E-state index is 13.0. The second kappa shape index (κ2) is 11.6. The summed E-state index contributed by atoms with van der Waals surface area (Å²) in [7, 11) is 0. The molecule has 38 heavy (non-hydrogen) atoms. The molecule has 17 heteroatoms. The molecule has 2 aliphatic heterocycles. The van der Waals surface area contributed by atoms with Gasteiger partial charge in [0.1, 0.15) is 17.1 Å². The van der Waals surface area contributed by atoms with E-state index < -0.39 is 46.8 Å². The van der Waals surface area contributed by atoms with Crippen molar-refractivity contribution in [2.75, 3.05) is 17.6 Å². The first kappa shape index (κ1) is 27.1. The first-order chi connectivity index (χ1) is 18.2. The molecule has 1 saturated heterocycles. The van der Waals surface area contributed by atoms with Crippen molar-refractivity contribution in [1.29, 1.82) is 0 Å². The molecule has 7 N–H and O–H groups in total. The Bertz CT molecular complexity index is 1300. The number of anilines is 1. The number of fused-ring (bicyclic) bond motifs is 1. The number of thioether (sulfide) groups is 2. The van der Waals surface area contributed by atoms with Crippen molar-refractivity contribution in [3.8, 4) is 0 Å². The fourth-order valence-corrected chi connectivity index (χ4v) is 6.54. The number of hydrogen-bond acceptors (Lipinski definition) is 11. The van der Waals surface area contributed by atoms with Crippen molar-refractivity contribution in [1.82, 2.24) is 30.8 Å². The zero-order valence-electron chi connectivity index (χ0n) is 19.5. The van der Waals surface area contributed by atoms with Crippen molar-refractivity contribution < 1.29 is 34.2 Å². The minimum atomic E-state index is -1.38. The molecule has 3 amide bonds. The van der Waals surface area contributed by atoms with Crippen molar-refractivity contribution in [3.05, 3.63) is 41.1 Å². The third-order valence-corrected chi connectivity index (χ3v) is 8.04. The van der Waals surface area contributed by atoms with Crippen LogP contribution in [0, 0.1) is 0 Å². The second-order valence-electron chi connectivity index (χ2n) is 8.17. The van der Waals surface area contributed by atoms with Crippen LogP contribution in [-0.4, -0.2) is 94.4 Å². The Morgan fingerprint density at radius 3 is 2.71 bits per heavy atom. The topological polar surface area (TPSA) is 234 Å². The Balaban J connectivity index is 1.47. The minimum Gasteiger partial charge on any atom is -0.481 e. The summed E-state index contributed by atoms with van der Waals surface area (Å²) in [6.45, 7) is -0.189. The largest absolute Gasteiger partial charge is 0.481 e. The fourth-order valence-electron chi connectivity index (χ4n) is 4.00. The molecular weight excluding hydrogens is 540 g/mol. The van der Waals surface area contributed by atoms with E-state index in [-0.39, 0.29) is 41.1 Å². The highest BCUT2D eigenvalue weighted by Crippen LogP contribution is 2.44. The van der Waals surface area contributed by atoms with Crippen LogP contribution in [0.5, 0.6) is 0 Å². The van der Waals surface area contributed by atoms with Gasteiger partial charge in [-0.3, -0.25) is 24.1 Å². The normalized spacial score (nSPS) is 19.3. The number of carbonyl (C=O) groups is 5. The average molecular weight is 563 g/mol. The number of nitrogens with one attached hydrogen (secondary N) is 3. The van der Waals surface area contributed by atoms with Crippen LogP contribution in [0.4, 0.5) is 5.69 Å². The zero-order chi connectivity index (χ0) is 27.4. The Morgan fingerprint density at radius 2 is 2.05 bits per heavy atom. The van der Waals surface area contributed by atoms with Crippen LogP contribution in [0.1, 0.15) is 12.0 Å². The molecule has 1 fully saturated rings. The number of nitrogens with zero attached hydrogens (tertiary/aromatic N) is 4. The van der Waals surface area contributed by atoms with E-state index in [0.717, 1.165) is 16.7 Å². The maximum Gasteiger partial charge on any atom is 0.352 e. The van der Waals surface area contributed by atoms with Gasteiger partial charge in [-0.2, -0.15) is 0 Å². The number of tetrazole rings is 1. The summed E-state index contributed by atoms with van der Waals surface area (Å²) in [6.07, 6.45) is -0.501. The van der Waals surface area contributed by atoms with Gasteiger partial charge >= 0.3 is 11.9 Å². The van der Waals surface area contributed by atoms with Crippen LogP contribution in [0.2, 0.25) is 0 Å². The number of carboxylic acids is 2. The Hall–Kier alpha value is -3.96. The predicted molar refractivity (Wildman–Crippen MR) is 134 cm³/mol. The molecule has 15 nitrogen and oxygen atoms in total. The number of carbonyl (C=O) groups excluding carboxylic acids is 3. The second-order valence-corrected chi connectivity index (χ2v) is 10.5. The Labute approximate surface area is 223 Å².